The zero-order valence-corrected chi connectivity index (χ0v) is 10.3. The van der Waals surface area contributed by atoms with E-state index >= 15 is 0 Å². The average Bonchev–Trinajstić information content (AvgIpc) is 2.78. The molecule has 5 nitrogen and oxygen atoms in total. The number of nitrogens with one attached hydrogen (secondary N) is 1. The van der Waals surface area contributed by atoms with Gasteiger partial charge in [0.1, 0.15) is 11.3 Å². The van der Waals surface area contributed by atoms with Gasteiger partial charge in [0, 0.05) is 18.9 Å². The molecule has 2 rings (SSSR count). The highest BCUT2D eigenvalue weighted by Crippen LogP contribution is 2.04. The third kappa shape index (κ3) is 3.07. The first-order chi connectivity index (χ1) is 8.66. The van der Waals surface area contributed by atoms with Crippen molar-refractivity contribution in [1.82, 2.24) is 14.7 Å². The van der Waals surface area contributed by atoms with E-state index in [-0.39, 0.29) is 12.0 Å². The van der Waals surface area contributed by atoms with Gasteiger partial charge in [0.15, 0.2) is 0 Å². The van der Waals surface area contributed by atoms with Gasteiger partial charge in [-0.3, -0.25) is 4.79 Å². The summed E-state index contributed by atoms with van der Waals surface area (Å²) in [5.41, 5.74) is 1.17. The second kappa shape index (κ2) is 5.64. The summed E-state index contributed by atoms with van der Waals surface area (Å²) < 4.78 is 1.81. The topological polar surface area (TPSA) is 66.6 Å². The van der Waals surface area contributed by atoms with Gasteiger partial charge in [-0.05, 0) is 31.9 Å². The van der Waals surface area contributed by atoms with Crippen molar-refractivity contribution in [3.63, 3.8) is 0 Å². The van der Waals surface area contributed by atoms with Crippen LogP contribution in [0, 0.1) is 0 Å². The average molecular weight is 247 g/mol. The van der Waals surface area contributed by atoms with E-state index in [1.165, 1.54) is 0 Å². The third-order valence-corrected chi connectivity index (χ3v) is 2.68. The van der Waals surface area contributed by atoms with E-state index in [1.807, 2.05) is 28.8 Å². The summed E-state index contributed by atoms with van der Waals surface area (Å²) >= 11 is 0. The third-order valence-electron chi connectivity index (χ3n) is 2.68. The summed E-state index contributed by atoms with van der Waals surface area (Å²) in [4.78, 5) is 16.0. The van der Waals surface area contributed by atoms with Crippen LogP contribution in [-0.2, 0) is 0 Å². The predicted molar refractivity (Wildman–Crippen MR) is 68.4 cm³/mol. The van der Waals surface area contributed by atoms with E-state index in [0.29, 0.717) is 18.7 Å². The van der Waals surface area contributed by atoms with Crippen molar-refractivity contribution >= 4 is 11.6 Å². The van der Waals surface area contributed by atoms with Gasteiger partial charge in [0.2, 0.25) is 0 Å². The monoisotopic (exact) mass is 247 g/mol. The van der Waals surface area contributed by atoms with Gasteiger partial charge in [-0.15, -0.1) is 0 Å². The van der Waals surface area contributed by atoms with Crippen molar-refractivity contribution in [2.75, 3.05) is 6.54 Å². The summed E-state index contributed by atoms with van der Waals surface area (Å²) in [5.74, 6) is -0.177. The summed E-state index contributed by atoms with van der Waals surface area (Å²) in [7, 11) is 0. The lowest BCUT2D eigenvalue weighted by Gasteiger charge is -2.04. The normalized spacial score (nSPS) is 12.6. The van der Waals surface area contributed by atoms with Crippen molar-refractivity contribution in [2.45, 2.75) is 25.9 Å². The molecule has 0 saturated heterocycles. The number of pyridine rings is 1. The maximum Gasteiger partial charge on any atom is 0.271 e. The fourth-order valence-electron chi connectivity index (χ4n) is 1.73. The molecule has 0 saturated carbocycles. The van der Waals surface area contributed by atoms with Crippen LogP contribution >= 0.6 is 0 Å². The zero-order valence-electron chi connectivity index (χ0n) is 10.3. The van der Waals surface area contributed by atoms with E-state index in [9.17, 15) is 4.79 Å². The molecule has 0 radical (unpaired) electrons. The number of nitrogens with zero attached hydrogens (tertiary/aromatic N) is 2. The van der Waals surface area contributed by atoms with Crippen LogP contribution in [0.25, 0.3) is 5.65 Å². The maximum absolute atomic E-state index is 11.8. The molecule has 2 N–H and O–H groups in total. The van der Waals surface area contributed by atoms with Gasteiger partial charge in [0.25, 0.3) is 5.91 Å². The Morgan fingerprint density at radius 1 is 1.56 bits per heavy atom. The molecule has 5 heteroatoms. The first kappa shape index (κ1) is 12.6. The number of aliphatic hydroxyl groups excluding tert-OH is 1. The summed E-state index contributed by atoms with van der Waals surface area (Å²) in [5, 5.41) is 11.9. The van der Waals surface area contributed by atoms with Crippen LogP contribution in [0.5, 0.6) is 0 Å². The number of aromatic nitrogens is 2. The standard InChI is InChI=1S/C13H17N3O2/c1-10(17)5-4-7-14-13(18)11-9-16-8-3-2-6-12(16)15-11/h2-3,6,8-10,17H,4-5,7H2,1H3,(H,14,18). The molecule has 1 atom stereocenters. The second-order valence-electron chi connectivity index (χ2n) is 4.34. The number of fused-ring (bicyclic) bond motifs is 1. The van der Waals surface area contributed by atoms with Gasteiger partial charge in [-0.25, -0.2) is 4.98 Å². The molecule has 0 aliphatic rings. The van der Waals surface area contributed by atoms with Crippen LogP contribution in [0.2, 0.25) is 0 Å². The molecular formula is C13H17N3O2. The number of carbonyl (C=O) groups is 1. The van der Waals surface area contributed by atoms with Gasteiger partial charge >= 0.3 is 0 Å². The van der Waals surface area contributed by atoms with Crippen LogP contribution in [0.4, 0.5) is 0 Å². The van der Waals surface area contributed by atoms with Crippen molar-refractivity contribution in [2.24, 2.45) is 0 Å². The minimum absolute atomic E-state index is 0.177. The maximum atomic E-state index is 11.8. The van der Waals surface area contributed by atoms with Crippen LogP contribution in [-0.4, -0.2) is 33.0 Å². The van der Waals surface area contributed by atoms with E-state index < -0.39 is 0 Å². The molecule has 0 fully saturated rings. The van der Waals surface area contributed by atoms with Crippen molar-refractivity contribution < 1.29 is 9.90 Å². The molecular weight excluding hydrogens is 230 g/mol. The molecule has 2 heterocycles. The van der Waals surface area contributed by atoms with Crippen molar-refractivity contribution in [3.05, 3.63) is 36.3 Å². The lowest BCUT2D eigenvalue weighted by Crippen LogP contribution is -2.25. The molecule has 96 valence electrons. The lowest BCUT2D eigenvalue weighted by molar-refractivity contribution is 0.0945. The Morgan fingerprint density at radius 3 is 3.11 bits per heavy atom. The van der Waals surface area contributed by atoms with Crippen LogP contribution in [0.1, 0.15) is 30.3 Å². The van der Waals surface area contributed by atoms with Gasteiger partial charge in [-0.2, -0.15) is 0 Å². The summed E-state index contributed by atoms with van der Waals surface area (Å²) in [6.45, 7) is 2.29. The largest absolute Gasteiger partial charge is 0.393 e. The Kier molecular flexibility index (Phi) is 3.94. The minimum atomic E-state index is -0.322. The minimum Gasteiger partial charge on any atom is -0.393 e. The molecule has 0 aliphatic carbocycles. The fraction of sp³-hybridized carbons (Fsp3) is 0.385. The molecule has 2 aromatic rings. The number of rotatable bonds is 5. The highest BCUT2D eigenvalue weighted by atomic mass is 16.3. The van der Waals surface area contributed by atoms with Gasteiger partial charge in [0.05, 0.1) is 6.10 Å². The second-order valence-corrected chi connectivity index (χ2v) is 4.34. The van der Waals surface area contributed by atoms with E-state index in [4.69, 9.17) is 5.11 Å². The quantitative estimate of drug-likeness (QED) is 0.781. The number of hydrogen-bond acceptors (Lipinski definition) is 3. The number of imidazole rings is 1. The molecule has 0 aliphatic heterocycles. The Balaban J connectivity index is 1.92. The number of carbonyl (C=O) groups excluding carboxylic acids is 1. The molecule has 0 aromatic carbocycles. The first-order valence-electron chi connectivity index (χ1n) is 6.07. The Hall–Kier alpha value is -1.88. The molecule has 0 bridgehead atoms. The Morgan fingerprint density at radius 2 is 2.39 bits per heavy atom. The SMILES string of the molecule is CC(O)CCCNC(=O)c1cn2ccccc2n1. The van der Waals surface area contributed by atoms with E-state index in [0.717, 1.165) is 12.1 Å². The van der Waals surface area contributed by atoms with Crippen molar-refractivity contribution in [1.29, 1.82) is 0 Å². The summed E-state index contributed by atoms with van der Waals surface area (Å²) in [6.07, 6.45) is 4.69. The Labute approximate surface area is 105 Å². The number of hydrogen-bond donors (Lipinski definition) is 2. The highest BCUT2D eigenvalue weighted by Gasteiger charge is 2.09. The molecule has 1 amide bonds. The zero-order chi connectivity index (χ0) is 13.0. The van der Waals surface area contributed by atoms with Crippen LogP contribution < -0.4 is 5.32 Å². The lowest BCUT2D eigenvalue weighted by atomic mass is 10.2. The van der Waals surface area contributed by atoms with E-state index in [2.05, 4.69) is 10.3 Å². The van der Waals surface area contributed by atoms with Crippen molar-refractivity contribution in [3.8, 4) is 0 Å². The molecule has 0 spiro atoms. The summed E-state index contributed by atoms with van der Waals surface area (Å²) in [6, 6.07) is 5.62. The van der Waals surface area contributed by atoms with E-state index in [1.54, 1.807) is 13.1 Å². The van der Waals surface area contributed by atoms with Crippen LogP contribution in [0.15, 0.2) is 30.6 Å². The first-order valence-corrected chi connectivity index (χ1v) is 6.07. The molecule has 2 aromatic heterocycles. The van der Waals surface area contributed by atoms with Gasteiger partial charge < -0.3 is 14.8 Å². The predicted octanol–water partition coefficient (Wildman–Crippen LogP) is 1.23. The smallest absolute Gasteiger partial charge is 0.271 e. The number of aliphatic hydroxyl groups is 1. The molecule has 1 unspecified atom stereocenters. The molecule has 18 heavy (non-hydrogen) atoms. The Bertz CT molecular complexity index is 501. The van der Waals surface area contributed by atoms with Crippen LogP contribution in [0.3, 0.4) is 0 Å². The fourth-order valence-corrected chi connectivity index (χ4v) is 1.73. The number of amides is 1. The van der Waals surface area contributed by atoms with Gasteiger partial charge in [-0.1, -0.05) is 6.07 Å². The highest BCUT2D eigenvalue weighted by molar-refractivity contribution is 5.92.